The Bertz CT molecular complexity index is 6110. The first-order chi connectivity index (χ1) is 51.4. The van der Waals surface area contributed by atoms with E-state index in [2.05, 4.69) is 394 Å². The molecule has 0 fully saturated rings. The Morgan fingerprint density at radius 3 is 0.915 bits per heavy atom. The van der Waals surface area contributed by atoms with Gasteiger partial charge in [0.25, 0.3) is 0 Å². The normalized spacial score (nSPS) is 14.6. The summed E-state index contributed by atoms with van der Waals surface area (Å²) >= 11 is 0. The molecule has 0 amide bonds. The van der Waals surface area contributed by atoms with Gasteiger partial charge in [0.1, 0.15) is 0 Å². The third-order valence-corrected chi connectivity index (χ3v) is 24.9. The van der Waals surface area contributed by atoms with Gasteiger partial charge in [-0.2, -0.15) is 0 Å². The molecule has 0 bridgehead atoms. The van der Waals surface area contributed by atoms with Crippen LogP contribution in [-0.2, 0) is 21.7 Å². The average Bonchev–Trinajstić information content (AvgIpc) is 1.58. The molecule has 0 N–H and O–H groups in total. The van der Waals surface area contributed by atoms with Gasteiger partial charge in [-0.1, -0.05) is 297 Å². The number of para-hydroxylation sites is 1. The zero-order chi connectivity index (χ0) is 71.9. The molecule has 0 radical (unpaired) electrons. The fraction of sp³-hybridized carbons (Fsp3) is 0.135. The van der Waals surface area contributed by atoms with Crippen molar-refractivity contribution in [3.8, 4) is 89.0 Å². The van der Waals surface area contributed by atoms with Gasteiger partial charge in [-0.05, 0) is 232 Å². The van der Waals surface area contributed by atoms with E-state index in [1.807, 2.05) is 0 Å². The highest BCUT2D eigenvalue weighted by atomic mass is 15.2. The van der Waals surface area contributed by atoms with Crippen molar-refractivity contribution in [1.29, 1.82) is 0 Å². The Labute approximate surface area is 623 Å². The van der Waals surface area contributed by atoms with Crippen LogP contribution in [0.4, 0.5) is 34.1 Å². The third-order valence-electron chi connectivity index (χ3n) is 24.9. The zero-order valence-corrected chi connectivity index (χ0v) is 61.9. The zero-order valence-electron chi connectivity index (χ0n) is 61.9. The summed E-state index contributed by atoms with van der Waals surface area (Å²) < 4.78 is 0. The molecule has 0 aliphatic heterocycles. The molecule has 4 aliphatic carbocycles. The Morgan fingerprint density at radius 2 is 0.509 bits per heavy atom. The summed E-state index contributed by atoms with van der Waals surface area (Å²) in [5, 5.41) is 6.99. The van der Waals surface area contributed by atoms with Crippen LogP contribution < -0.4 is 9.80 Å². The lowest BCUT2D eigenvalue weighted by atomic mass is 9.79. The van der Waals surface area contributed by atoms with Gasteiger partial charge in [-0.3, -0.25) is 0 Å². The van der Waals surface area contributed by atoms with Gasteiger partial charge >= 0.3 is 0 Å². The first kappa shape index (κ1) is 63.6. The van der Waals surface area contributed by atoms with Gasteiger partial charge in [0.05, 0.1) is 22.7 Å². The first-order valence-electron chi connectivity index (χ1n) is 37.8. The topological polar surface area (TPSA) is 6.48 Å². The molecule has 0 spiro atoms. The Kier molecular flexibility index (Phi) is 13.9. The minimum absolute atomic E-state index is 0.0871. The van der Waals surface area contributed by atoms with Crippen LogP contribution in [-0.4, -0.2) is 0 Å². The second-order valence-electron chi connectivity index (χ2n) is 32.5. The molecule has 0 heterocycles. The summed E-state index contributed by atoms with van der Waals surface area (Å²) in [6.45, 7) is 23.8. The van der Waals surface area contributed by atoms with Crippen LogP contribution in [0.15, 0.2) is 315 Å². The maximum Gasteiger partial charge on any atom is 0.0620 e. The predicted molar refractivity (Wildman–Crippen MR) is 450 cm³/mol. The number of anilines is 6. The van der Waals surface area contributed by atoms with Gasteiger partial charge in [0.2, 0.25) is 0 Å². The van der Waals surface area contributed by atoms with Crippen molar-refractivity contribution < 1.29 is 0 Å². The quantitative estimate of drug-likeness (QED) is 0.0995. The molecule has 2 heteroatoms. The second kappa shape index (κ2) is 23.2. The number of hydrogen-bond donors (Lipinski definition) is 0. The van der Waals surface area contributed by atoms with Crippen molar-refractivity contribution in [1.82, 2.24) is 0 Å². The Balaban J connectivity index is 0.768. The monoisotopic (exact) mass is 1360 g/mol. The molecule has 0 atom stereocenters. The molecule has 106 heavy (non-hydrogen) atoms. The summed E-state index contributed by atoms with van der Waals surface area (Å²) in [6, 6.07) is 121. The van der Waals surface area contributed by atoms with Crippen molar-refractivity contribution in [2.45, 2.75) is 90.9 Å². The summed E-state index contributed by atoms with van der Waals surface area (Å²) in [7, 11) is 0. The summed E-state index contributed by atoms with van der Waals surface area (Å²) in [5.74, 6) is 0. The third kappa shape index (κ3) is 9.42. The number of benzene rings is 16. The maximum absolute atomic E-state index is 2.66. The van der Waals surface area contributed by atoms with Crippen molar-refractivity contribution in [3.63, 3.8) is 0 Å². The van der Waals surface area contributed by atoms with Crippen molar-refractivity contribution >= 4 is 66.4 Å². The lowest BCUT2D eigenvalue weighted by molar-refractivity contribution is 0.659. The van der Waals surface area contributed by atoms with Gasteiger partial charge in [-0.15, -0.1) is 0 Å². The van der Waals surface area contributed by atoms with E-state index < -0.39 is 0 Å². The Morgan fingerprint density at radius 1 is 0.198 bits per heavy atom. The van der Waals surface area contributed by atoms with E-state index in [1.165, 1.54) is 155 Å². The van der Waals surface area contributed by atoms with Crippen LogP contribution in [0.5, 0.6) is 0 Å². The second-order valence-corrected chi connectivity index (χ2v) is 32.5. The summed E-state index contributed by atoms with van der Waals surface area (Å²) in [6.07, 6.45) is 0. The fourth-order valence-electron chi connectivity index (χ4n) is 19.3. The highest BCUT2D eigenvalue weighted by Crippen LogP contribution is 2.59. The van der Waals surface area contributed by atoms with Crippen LogP contribution in [0, 0.1) is 13.8 Å². The van der Waals surface area contributed by atoms with Crippen LogP contribution in [0.25, 0.3) is 121 Å². The molecule has 0 saturated heterocycles. The molecule has 4 aliphatic rings. The number of hydrogen-bond acceptors (Lipinski definition) is 2. The minimum atomic E-state index is -0.302. The van der Waals surface area contributed by atoms with E-state index >= 15 is 0 Å². The lowest BCUT2D eigenvalue weighted by Crippen LogP contribution is -2.17. The van der Waals surface area contributed by atoms with E-state index in [0.717, 1.165) is 55.7 Å². The van der Waals surface area contributed by atoms with E-state index in [4.69, 9.17) is 0 Å². The molecular formula is C104H82N2. The largest absolute Gasteiger partial charge is 0.309 e. The maximum atomic E-state index is 2.66. The van der Waals surface area contributed by atoms with E-state index in [1.54, 1.807) is 0 Å². The number of rotatable bonds is 10. The molecule has 0 unspecified atom stereocenters. The number of aryl methyl sites for hydroxylation is 2. The SMILES string of the molecule is Cc1ccc(N(c2ccc(C)cc2-c2ccc3c(c2)C(C)(C)c2cc(-c4ccc5c(c4)C(C)(C)c4ccccc4-5)ccc2-3)c2c3ccccc3c(N(c3ccccc3)c3ccc4ccccc4c3)c3ccccc23)c(-c2ccc3c(c2)C(C)(C)c2cc(-c4ccc5c(c4)C(C)(C)c4ccccc4-5)ccc2-3)c1. The highest BCUT2D eigenvalue weighted by Gasteiger charge is 2.41. The molecule has 2 nitrogen and oxygen atoms in total. The van der Waals surface area contributed by atoms with E-state index in [0.29, 0.717) is 0 Å². The van der Waals surface area contributed by atoms with Crippen molar-refractivity contribution in [2.24, 2.45) is 0 Å². The predicted octanol–water partition coefficient (Wildman–Crippen LogP) is 28.6. The average molecular weight is 1360 g/mol. The van der Waals surface area contributed by atoms with Gasteiger partial charge in [-0.25, -0.2) is 0 Å². The molecule has 508 valence electrons. The van der Waals surface area contributed by atoms with Gasteiger partial charge in [0, 0.05) is 65.7 Å². The van der Waals surface area contributed by atoms with Crippen LogP contribution in [0.2, 0.25) is 0 Å². The minimum Gasteiger partial charge on any atom is -0.309 e. The van der Waals surface area contributed by atoms with Crippen molar-refractivity contribution in [3.05, 3.63) is 371 Å². The van der Waals surface area contributed by atoms with Gasteiger partial charge < -0.3 is 9.80 Å². The van der Waals surface area contributed by atoms with E-state index in [-0.39, 0.29) is 21.7 Å². The smallest absolute Gasteiger partial charge is 0.0620 e. The number of nitrogens with zero attached hydrogens (tertiary/aromatic N) is 2. The van der Waals surface area contributed by atoms with Gasteiger partial charge in [0.15, 0.2) is 0 Å². The number of fused-ring (bicyclic) bond motifs is 15. The Hall–Kier alpha value is -12.1. The molecule has 16 aromatic rings. The van der Waals surface area contributed by atoms with E-state index in [9.17, 15) is 0 Å². The van der Waals surface area contributed by atoms with Crippen molar-refractivity contribution in [2.75, 3.05) is 9.80 Å². The molecular weight excluding hydrogens is 1280 g/mol. The fourth-order valence-corrected chi connectivity index (χ4v) is 19.3. The molecule has 20 rings (SSSR count). The van der Waals surface area contributed by atoms with Crippen LogP contribution in [0.3, 0.4) is 0 Å². The molecule has 0 saturated carbocycles. The van der Waals surface area contributed by atoms with Crippen LogP contribution >= 0.6 is 0 Å². The molecule has 16 aromatic carbocycles. The summed E-state index contributed by atoms with van der Waals surface area (Å²) in [5.41, 5.74) is 39.6. The summed E-state index contributed by atoms with van der Waals surface area (Å²) in [4.78, 5) is 5.16. The molecule has 0 aromatic heterocycles. The lowest BCUT2D eigenvalue weighted by Gasteiger charge is -2.35. The highest BCUT2D eigenvalue weighted by molar-refractivity contribution is 6.24. The first-order valence-corrected chi connectivity index (χ1v) is 37.8. The van der Waals surface area contributed by atoms with Crippen LogP contribution in [0.1, 0.15) is 111 Å². The standard InChI is InChI=1S/C104H82N2/c1-63-36-52-97(87(54-63)71-43-50-81-79-48-41-69(59-93(79)103(7,8)95(81)61-71)67-39-46-77-75-28-20-22-34-89(75)101(3,4)91(77)57-67)106(100-85-32-18-16-30-83(85)99(84-31-17-19-33-86(84)100)105(73-26-12-11-13-27-73)74-45-38-65-24-14-15-25-66(65)56-74)98-53-37-64(2)55-88(98)72-44-51-82-80-49-42-70(60-94(80)104(9,10)96(82)62-72)68-40-47-78-76-29-21-23-35-90(76)102(5,6)92(78)58-68/h11-62H,1-10H3.